The summed E-state index contributed by atoms with van der Waals surface area (Å²) in [6.45, 7) is 0.466. The minimum Gasteiger partial charge on any atom is -0.465 e. The topological polar surface area (TPSA) is 66.8 Å². The third kappa shape index (κ3) is 2.36. The summed E-state index contributed by atoms with van der Waals surface area (Å²) in [4.78, 5) is 24.8. The van der Waals surface area contributed by atoms with Crippen LogP contribution in [0.1, 0.15) is 28.8 Å². The Labute approximate surface area is 105 Å². The van der Waals surface area contributed by atoms with Crippen molar-refractivity contribution in [2.45, 2.75) is 19.4 Å². The SMILES string of the molecule is COC(=O)c1cc(CO)cc(N2CCCC2=O)c1. The van der Waals surface area contributed by atoms with Crippen molar-refractivity contribution in [2.75, 3.05) is 18.6 Å². The number of benzene rings is 1. The smallest absolute Gasteiger partial charge is 0.337 e. The molecule has 0 spiro atoms. The lowest BCUT2D eigenvalue weighted by Gasteiger charge is -2.17. The molecule has 1 aliphatic heterocycles. The van der Waals surface area contributed by atoms with E-state index in [0.717, 1.165) is 6.42 Å². The van der Waals surface area contributed by atoms with Crippen molar-refractivity contribution >= 4 is 17.6 Å². The lowest BCUT2D eigenvalue weighted by molar-refractivity contribution is -0.117. The van der Waals surface area contributed by atoms with E-state index in [4.69, 9.17) is 0 Å². The number of anilines is 1. The third-order valence-corrected chi connectivity index (χ3v) is 2.97. The number of aliphatic hydroxyl groups is 1. The van der Waals surface area contributed by atoms with Gasteiger partial charge in [0.25, 0.3) is 0 Å². The van der Waals surface area contributed by atoms with Crippen LogP contribution >= 0.6 is 0 Å². The number of ether oxygens (including phenoxy) is 1. The molecule has 96 valence electrons. The molecule has 1 heterocycles. The van der Waals surface area contributed by atoms with E-state index in [0.29, 0.717) is 29.8 Å². The lowest BCUT2D eigenvalue weighted by Crippen LogP contribution is -2.24. The molecule has 1 aliphatic rings. The van der Waals surface area contributed by atoms with Gasteiger partial charge < -0.3 is 14.7 Å². The second-order valence-electron chi connectivity index (χ2n) is 4.19. The van der Waals surface area contributed by atoms with Crippen molar-refractivity contribution in [3.05, 3.63) is 29.3 Å². The minimum absolute atomic E-state index is 0.0425. The molecule has 0 radical (unpaired) electrons. The maximum Gasteiger partial charge on any atom is 0.337 e. The molecule has 0 aliphatic carbocycles. The van der Waals surface area contributed by atoms with Gasteiger partial charge in [-0.15, -0.1) is 0 Å². The molecule has 1 saturated heterocycles. The second-order valence-corrected chi connectivity index (χ2v) is 4.19. The standard InChI is InChI=1S/C13H15NO4/c1-18-13(17)10-5-9(8-15)6-11(7-10)14-4-2-3-12(14)16/h5-7,15H,2-4,8H2,1H3. The van der Waals surface area contributed by atoms with Crippen LogP contribution in [0.3, 0.4) is 0 Å². The van der Waals surface area contributed by atoms with Gasteiger partial charge in [-0.25, -0.2) is 4.79 Å². The summed E-state index contributed by atoms with van der Waals surface area (Å²) in [6, 6.07) is 4.90. The van der Waals surface area contributed by atoms with E-state index in [1.165, 1.54) is 7.11 Å². The van der Waals surface area contributed by atoms with E-state index in [9.17, 15) is 14.7 Å². The van der Waals surface area contributed by atoms with Crippen molar-refractivity contribution in [3.8, 4) is 0 Å². The maximum atomic E-state index is 11.7. The quantitative estimate of drug-likeness (QED) is 0.814. The Bertz CT molecular complexity index is 484. The average Bonchev–Trinajstić information content (AvgIpc) is 2.83. The molecule has 0 unspecified atom stereocenters. The molecule has 18 heavy (non-hydrogen) atoms. The van der Waals surface area contributed by atoms with E-state index < -0.39 is 5.97 Å². The fraction of sp³-hybridized carbons (Fsp3) is 0.385. The van der Waals surface area contributed by atoms with Crippen LogP contribution in [0.5, 0.6) is 0 Å². The first-order valence-electron chi connectivity index (χ1n) is 5.79. The molecule has 1 N–H and O–H groups in total. The van der Waals surface area contributed by atoms with E-state index in [-0.39, 0.29) is 12.5 Å². The molecule has 1 aromatic rings. The van der Waals surface area contributed by atoms with E-state index in [2.05, 4.69) is 4.74 Å². The van der Waals surface area contributed by atoms with Crippen LogP contribution in [0.25, 0.3) is 0 Å². The van der Waals surface area contributed by atoms with Gasteiger partial charge in [0.15, 0.2) is 0 Å². The van der Waals surface area contributed by atoms with Crippen LogP contribution < -0.4 is 4.90 Å². The van der Waals surface area contributed by atoms with Crippen molar-refractivity contribution in [3.63, 3.8) is 0 Å². The second kappa shape index (κ2) is 5.18. The number of aliphatic hydroxyl groups excluding tert-OH is 1. The first-order valence-corrected chi connectivity index (χ1v) is 5.79. The van der Waals surface area contributed by atoms with E-state index >= 15 is 0 Å². The van der Waals surface area contributed by atoms with Gasteiger partial charge in [-0.2, -0.15) is 0 Å². The van der Waals surface area contributed by atoms with Gasteiger partial charge in [-0.05, 0) is 30.2 Å². The summed E-state index contributed by atoms with van der Waals surface area (Å²) in [6.07, 6.45) is 1.34. The van der Waals surface area contributed by atoms with Gasteiger partial charge >= 0.3 is 5.97 Å². The van der Waals surface area contributed by atoms with Crippen LogP contribution in [0.4, 0.5) is 5.69 Å². The number of hydrogen-bond acceptors (Lipinski definition) is 4. The molecule has 5 heteroatoms. The Morgan fingerprint density at radius 3 is 2.78 bits per heavy atom. The minimum atomic E-state index is -0.474. The predicted molar refractivity (Wildman–Crippen MR) is 65.3 cm³/mol. The van der Waals surface area contributed by atoms with Gasteiger partial charge in [-0.3, -0.25) is 4.79 Å². The van der Waals surface area contributed by atoms with Crippen LogP contribution in [-0.4, -0.2) is 30.6 Å². The number of esters is 1. The Morgan fingerprint density at radius 1 is 1.44 bits per heavy atom. The molecular formula is C13H15NO4. The van der Waals surface area contributed by atoms with Gasteiger partial charge in [0.05, 0.1) is 19.3 Å². The molecule has 1 fully saturated rings. The zero-order valence-corrected chi connectivity index (χ0v) is 10.2. The van der Waals surface area contributed by atoms with Crippen molar-refractivity contribution in [1.82, 2.24) is 0 Å². The number of carbonyl (C=O) groups is 2. The Balaban J connectivity index is 2.40. The van der Waals surface area contributed by atoms with Crippen molar-refractivity contribution < 1.29 is 19.4 Å². The highest BCUT2D eigenvalue weighted by molar-refractivity contribution is 5.97. The van der Waals surface area contributed by atoms with Crippen molar-refractivity contribution in [1.29, 1.82) is 0 Å². The number of methoxy groups -OCH3 is 1. The van der Waals surface area contributed by atoms with Gasteiger partial charge in [0.2, 0.25) is 5.91 Å². The van der Waals surface area contributed by atoms with Crippen LogP contribution in [-0.2, 0) is 16.1 Å². The molecule has 0 aromatic heterocycles. The molecule has 0 bridgehead atoms. The lowest BCUT2D eigenvalue weighted by atomic mass is 10.1. The van der Waals surface area contributed by atoms with Gasteiger partial charge in [0, 0.05) is 18.7 Å². The van der Waals surface area contributed by atoms with Crippen LogP contribution in [0.2, 0.25) is 0 Å². The van der Waals surface area contributed by atoms with Crippen molar-refractivity contribution in [2.24, 2.45) is 0 Å². The number of amides is 1. The highest BCUT2D eigenvalue weighted by Crippen LogP contribution is 2.24. The Morgan fingerprint density at radius 2 is 2.22 bits per heavy atom. The molecule has 2 rings (SSSR count). The zero-order chi connectivity index (χ0) is 13.1. The summed E-state index contributed by atoms with van der Waals surface area (Å²) in [5, 5.41) is 9.19. The van der Waals surface area contributed by atoms with E-state index in [1.54, 1.807) is 23.1 Å². The number of carbonyl (C=O) groups excluding carboxylic acids is 2. The molecule has 1 aromatic carbocycles. The summed E-state index contributed by atoms with van der Waals surface area (Å²) < 4.78 is 4.66. The largest absolute Gasteiger partial charge is 0.465 e. The fourth-order valence-corrected chi connectivity index (χ4v) is 2.08. The maximum absolute atomic E-state index is 11.7. The molecule has 1 amide bonds. The van der Waals surface area contributed by atoms with Gasteiger partial charge in [-0.1, -0.05) is 0 Å². The number of hydrogen-bond donors (Lipinski definition) is 1. The summed E-state index contributed by atoms with van der Waals surface area (Å²) in [7, 11) is 1.30. The Hall–Kier alpha value is -1.88. The highest BCUT2D eigenvalue weighted by atomic mass is 16.5. The summed E-state index contributed by atoms with van der Waals surface area (Å²) in [5.74, 6) is -0.431. The van der Waals surface area contributed by atoms with Crippen LogP contribution in [0.15, 0.2) is 18.2 Å². The number of nitrogens with zero attached hydrogens (tertiary/aromatic N) is 1. The fourth-order valence-electron chi connectivity index (χ4n) is 2.08. The highest BCUT2D eigenvalue weighted by Gasteiger charge is 2.23. The van der Waals surface area contributed by atoms with E-state index in [1.807, 2.05) is 0 Å². The first kappa shape index (κ1) is 12.6. The monoisotopic (exact) mass is 249 g/mol. The zero-order valence-electron chi connectivity index (χ0n) is 10.2. The number of rotatable bonds is 3. The summed E-state index contributed by atoms with van der Waals surface area (Å²) >= 11 is 0. The normalized spacial score (nSPS) is 15.0. The Kier molecular flexibility index (Phi) is 3.62. The van der Waals surface area contributed by atoms with Crippen LogP contribution in [0, 0.1) is 0 Å². The predicted octanol–water partition coefficient (Wildman–Crippen LogP) is 1.09. The van der Waals surface area contributed by atoms with Gasteiger partial charge in [0.1, 0.15) is 0 Å². The third-order valence-electron chi connectivity index (χ3n) is 2.97. The molecular weight excluding hydrogens is 234 g/mol. The summed E-state index contributed by atoms with van der Waals surface area (Å²) in [5.41, 5.74) is 1.58. The molecule has 0 atom stereocenters. The average molecular weight is 249 g/mol. The molecule has 5 nitrogen and oxygen atoms in total. The molecule has 0 saturated carbocycles. The first-order chi connectivity index (χ1) is 8.65.